The summed E-state index contributed by atoms with van der Waals surface area (Å²) in [5, 5.41) is 12.8. The van der Waals surface area contributed by atoms with E-state index in [0.717, 1.165) is 18.7 Å². The Bertz CT molecular complexity index is 354. The number of aromatic hydroxyl groups is 1. The van der Waals surface area contributed by atoms with E-state index in [1.807, 2.05) is 18.2 Å². The van der Waals surface area contributed by atoms with Gasteiger partial charge in [0.2, 0.25) is 0 Å². The van der Waals surface area contributed by atoms with Crippen LogP contribution in [-0.2, 0) is 6.54 Å². The third-order valence-electron chi connectivity index (χ3n) is 3.52. The Hall–Kier alpha value is -0.770. The zero-order valence-corrected chi connectivity index (χ0v) is 12.3. The number of nitrogens with zero attached hydrogens (tertiary/aromatic N) is 1. The van der Waals surface area contributed by atoms with Crippen molar-refractivity contribution < 1.29 is 5.11 Å². The Morgan fingerprint density at radius 3 is 2.68 bits per heavy atom. The minimum absolute atomic E-state index is 0. The van der Waals surface area contributed by atoms with Gasteiger partial charge in [0.15, 0.2) is 0 Å². The summed E-state index contributed by atoms with van der Waals surface area (Å²) in [6.07, 6.45) is 5.36. The van der Waals surface area contributed by atoms with Gasteiger partial charge in [-0.15, -0.1) is 12.4 Å². The van der Waals surface area contributed by atoms with Crippen molar-refractivity contribution in [2.24, 2.45) is 0 Å². The number of rotatable bonds is 6. The van der Waals surface area contributed by atoms with Crippen LogP contribution in [0.25, 0.3) is 0 Å². The molecule has 19 heavy (non-hydrogen) atoms. The van der Waals surface area contributed by atoms with Crippen LogP contribution < -0.4 is 5.32 Å². The quantitative estimate of drug-likeness (QED) is 0.789. The van der Waals surface area contributed by atoms with E-state index >= 15 is 0 Å². The molecule has 1 fully saturated rings. The van der Waals surface area contributed by atoms with E-state index < -0.39 is 0 Å². The van der Waals surface area contributed by atoms with Crippen molar-refractivity contribution >= 4 is 12.4 Å². The van der Waals surface area contributed by atoms with Crippen molar-refractivity contribution in [1.29, 1.82) is 0 Å². The highest BCUT2D eigenvalue weighted by Crippen LogP contribution is 2.10. The summed E-state index contributed by atoms with van der Waals surface area (Å²) >= 11 is 0. The van der Waals surface area contributed by atoms with Crippen molar-refractivity contribution in [2.75, 3.05) is 26.2 Å². The first-order chi connectivity index (χ1) is 8.84. The van der Waals surface area contributed by atoms with Crippen LogP contribution in [0.15, 0.2) is 24.3 Å². The maximum atomic E-state index is 9.35. The Balaban J connectivity index is 0.00000180. The second kappa shape index (κ2) is 9.18. The molecule has 0 atom stereocenters. The molecule has 0 radical (unpaired) electrons. The lowest BCUT2D eigenvalue weighted by Crippen LogP contribution is -2.32. The Labute approximate surface area is 122 Å². The van der Waals surface area contributed by atoms with E-state index in [2.05, 4.69) is 10.2 Å². The average molecular weight is 285 g/mol. The third-order valence-corrected chi connectivity index (χ3v) is 3.52. The monoisotopic (exact) mass is 284 g/mol. The number of benzene rings is 1. The Morgan fingerprint density at radius 2 is 1.95 bits per heavy atom. The second-order valence-corrected chi connectivity index (χ2v) is 5.10. The van der Waals surface area contributed by atoms with E-state index in [1.165, 1.54) is 45.3 Å². The molecule has 4 heteroatoms. The Kier molecular flexibility index (Phi) is 7.87. The summed E-state index contributed by atoms with van der Waals surface area (Å²) in [6.45, 7) is 5.67. The highest BCUT2D eigenvalue weighted by Gasteiger charge is 2.08. The Morgan fingerprint density at radius 1 is 1.16 bits per heavy atom. The molecule has 0 spiro atoms. The van der Waals surface area contributed by atoms with Crippen LogP contribution in [0.1, 0.15) is 31.2 Å². The van der Waals surface area contributed by atoms with Crippen LogP contribution in [0.4, 0.5) is 0 Å². The lowest BCUT2D eigenvalue weighted by atomic mass is 10.1. The van der Waals surface area contributed by atoms with Crippen LogP contribution in [0.2, 0.25) is 0 Å². The molecule has 1 saturated heterocycles. The van der Waals surface area contributed by atoms with Gasteiger partial charge in [0.25, 0.3) is 0 Å². The lowest BCUT2D eigenvalue weighted by molar-refractivity contribution is 0.225. The van der Waals surface area contributed by atoms with E-state index in [1.54, 1.807) is 6.07 Å². The zero-order valence-electron chi connectivity index (χ0n) is 11.5. The van der Waals surface area contributed by atoms with Gasteiger partial charge in [-0.1, -0.05) is 18.6 Å². The molecular weight excluding hydrogens is 260 g/mol. The van der Waals surface area contributed by atoms with Gasteiger partial charge >= 0.3 is 0 Å². The third kappa shape index (κ3) is 6.28. The van der Waals surface area contributed by atoms with Crippen LogP contribution in [0.3, 0.4) is 0 Å². The SMILES string of the molecule is Cl.Oc1cccc(CNCCCN2CCCCC2)c1. The van der Waals surface area contributed by atoms with Crippen molar-refractivity contribution in [1.82, 2.24) is 10.2 Å². The summed E-state index contributed by atoms with van der Waals surface area (Å²) in [5.41, 5.74) is 1.15. The number of halogens is 1. The summed E-state index contributed by atoms with van der Waals surface area (Å²) in [4.78, 5) is 2.57. The standard InChI is InChI=1S/C15H24N2O.ClH/c18-15-7-4-6-14(12-15)13-16-8-5-11-17-9-2-1-3-10-17;/h4,6-7,12,16,18H,1-3,5,8-11,13H2;1H. The molecule has 2 N–H and O–H groups in total. The van der Waals surface area contributed by atoms with Crippen LogP contribution in [0.5, 0.6) is 5.75 Å². The molecule has 0 bridgehead atoms. The van der Waals surface area contributed by atoms with Gasteiger partial charge in [0.05, 0.1) is 0 Å². The zero-order chi connectivity index (χ0) is 12.6. The molecule has 0 aromatic heterocycles. The number of hydrogen-bond acceptors (Lipinski definition) is 3. The predicted molar refractivity (Wildman–Crippen MR) is 82.0 cm³/mol. The molecule has 0 amide bonds. The highest BCUT2D eigenvalue weighted by molar-refractivity contribution is 5.85. The number of nitrogens with one attached hydrogen (secondary N) is 1. The molecule has 1 aliphatic heterocycles. The summed E-state index contributed by atoms with van der Waals surface area (Å²) in [5.74, 6) is 0.350. The number of likely N-dealkylation sites (tertiary alicyclic amines) is 1. The van der Waals surface area contributed by atoms with Gasteiger partial charge in [0.1, 0.15) is 5.75 Å². The van der Waals surface area contributed by atoms with Crippen molar-refractivity contribution in [3.63, 3.8) is 0 Å². The van der Waals surface area contributed by atoms with Gasteiger partial charge in [-0.3, -0.25) is 0 Å². The first kappa shape index (κ1) is 16.3. The minimum Gasteiger partial charge on any atom is -0.508 e. The van der Waals surface area contributed by atoms with Gasteiger partial charge in [0, 0.05) is 6.54 Å². The molecule has 0 saturated carbocycles. The summed E-state index contributed by atoms with van der Waals surface area (Å²) < 4.78 is 0. The predicted octanol–water partition coefficient (Wildman–Crippen LogP) is 2.78. The normalized spacial score (nSPS) is 16.0. The number of phenols is 1. The maximum absolute atomic E-state index is 9.35. The topological polar surface area (TPSA) is 35.5 Å². The second-order valence-electron chi connectivity index (χ2n) is 5.10. The molecule has 1 heterocycles. The molecule has 108 valence electrons. The van der Waals surface area contributed by atoms with Crippen molar-refractivity contribution in [3.05, 3.63) is 29.8 Å². The van der Waals surface area contributed by atoms with Crippen LogP contribution >= 0.6 is 12.4 Å². The average Bonchev–Trinajstić information content (AvgIpc) is 2.40. The maximum Gasteiger partial charge on any atom is 0.115 e. The lowest BCUT2D eigenvalue weighted by Gasteiger charge is -2.26. The van der Waals surface area contributed by atoms with E-state index in [0.29, 0.717) is 5.75 Å². The molecule has 0 aliphatic carbocycles. The molecular formula is C15H25ClN2O. The molecule has 1 aromatic carbocycles. The van der Waals surface area contributed by atoms with Crippen LogP contribution in [0, 0.1) is 0 Å². The van der Waals surface area contributed by atoms with Crippen molar-refractivity contribution in [2.45, 2.75) is 32.2 Å². The minimum atomic E-state index is 0. The van der Waals surface area contributed by atoms with Gasteiger partial charge in [-0.05, 0) is 63.1 Å². The summed E-state index contributed by atoms with van der Waals surface area (Å²) in [7, 11) is 0. The molecule has 2 rings (SSSR count). The molecule has 1 aliphatic rings. The number of phenolic OH excluding ortho intramolecular Hbond substituents is 1. The highest BCUT2D eigenvalue weighted by atomic mass is 35.5. The molecule has 1 aromatic rings. The fourth-order valence-corrected chi connectivity index (χ4v) is 2.51. The largest absolute Gasteiger partial charge is 0.508 e. The van der Waals surface area contributed by atoms with E-state index in [4.69, 9.17) is 0 Å². The fraction of sp³-hybridized carbons (Fsp3) is 0.600. The molecule has 3 nitrogen and oxygen atoms in total. The van der Waals surface area contributed by atoms with E-state index in [9.17, 15) is 5.11 Å². The fourth-order valence-electron chi connectivity index (χ4n) is 2.51. The van der Waals surface area contributed by atoms with Crippen LogP contribution in [-0.4, -0.2) is 36.2 Å². The first-order valence-electron chi connectivity index (χ1n) is 7.05. The van der Waals surface area contributed by atoms with Crippen molar-refractivity contribution in [3.8, 4) is 5.75 Å². The van der Waals surface area contributed by atoms with Gasteiger partial charge in [-0.2, -0.15) is 0 Å². The molecule has 0 unspecified atom stereocenters. The number of piperidine rings is 1. The van der Waals surface area contributed by atoms with Gasteiger partial charge in [-0.25, -0.2) is 0 Å². The van der Waals surface area contributed by atoms with E-state index in [-0.39, 0.29) is 12.4 Å². The smallest absolute Gasteiger partial charge is 0.115 e. The first-order valence-corrected chi connectivity index (χ1v) is 7.05. The number of hydrogen-bond donors (Lipinski definition) is 2. The van der Waals surface area contributed by atoms with Gasteiger partial charge < -0.3 is 15.3 Å². The summed E-state index contributed by atoms with van der Waals surface area (Å²) in [6, 6.07) is 7.45.